The highest BCUT2D eigenvalue weighted by atomic mass is 16.5. The molecular weight excluding hydrogens is 204 g/mol. The van der Waals surface area contributed by atoms with Crippen LogP contribution in [0.5, 0.6) is 0 Å². The number of anilines is 1. The fourth-order valence-electron chi connectivity index (χ4n) is 1.37. The zero-order chi connectivity index (χ0) is 12.0. The van der Waals surface area contributed by atoms with Crippen molar-refractivity contribution < 1.29 is 4.74 Å². The van der Waals surface area contributed by atoms with E-state index >= 15 is 0 Å². The molecule has 1 heterocycles. The Morgan fingerprint density at radius 2 is 2.19 bits per heavy atom. The lowest BCUT2D eigenvalue weighted by Gasteiger charge is -2.09. The molecule has 16 heavy (non-hydrogen) atoms. The van der Waals surface area contributed by atoms with Gasteiger partial charge in [0.25, 0.3) is 0 Å². The van der Waals surface area contributed by atoms with Crippen LogP contribution in [0.1, 0.15) is 37.7 Å². The molecule has 90 valence electrons. The third kappa shape index (κ3) is 3.75. The highest BCUT2D eigenvalue weighted by Crippen LogP contribution is 2.15. The van der Waals surface area contributed by atoms with Gasteiger partial charge >= 0.3 is 0 Å². The number of aryl methyl sites for hydroxylation is 1. The highest BCUT2D eigenvalue weighted by molar-refractivity contribution is 5.35. The Hall–Kier alpha value is -1.20. The summed E-state index contributed by atoms with van der Waals surface area (Å²) in [6, 6.07) is 1.88. The van der Waals surface area contributed by atoms with Crippen LogP contribution >= 0.6 is 0 Å². The van der Waals surface area contributed by atoms with Crippen LogP contribution in [0.15, 0.2) is 6.07 Å². The average Bonchev–Trinajstić information content (AvgIpc) is 2.29. The summed E-state index contributed by atoms with van der Waals surface area (Å²) >= 11 is 0. The summed E-state index contributed by atoms with van der Waals surface area (Å²) in [5, 5.41) is 0. The first-order chi connectivity index (χ1) is 7.67. The van der Waals surface area contributed by atoms with E-state index in [1.165, 1.54) is 0 Å². The van der Waals surface area contributed by atoms with Crippen LogP contribution in [0.25, 0.3) is 0 Å². The number of hydrazine groups is 1. The second-order valence-corrected chi connectivity index (χ2v) is 3.99. The minimum Gasteiger partial charge on any atom is -0.385 e. The Morgan fingerprint density at radius 1 is 1.44 bits per heavy atom. The molecule has 0 bridgehead atoms. The van der Waals surface area contributed by atoms with Gasteiger partial charge in [-0.25, -0.2) is 15.8 Å². The fourth-order valence-corrected chi connectivity index (χ4v) is 1.37. The van der Waals surface area contributed by atoms with Gasteiger partial charge < -0.3 is 10.2 Å². The molecule has 5 nitrogen and oxygen atoms in total. The van der Waals surface area contributed by atoms with Crippen molar-refractivity contribution in [3.05, 3.63) is 17.6 Å². The number of nitrogen functional groups attached to an aromatic ring is 1. The first-order valence-electron chi connectivity index (χ1n) is 5.50. The summed E-state index contributed by atoms with van der Waals surface area (Å²) in [5.74, 6) is 7.24. The van der Waals surface area contributed by atoms with Gasteiger partial charge in [-0.2, -0.15) is 0 Å². The van der Waals surface area contributed by atoms with Gasteiger partial charge in [-0.3, -0.25) is 0 Å². The molecule has 0 aromatic carbocycles. The second-order valence-electron chi connectivity index (χ2n) is 3.99. The molecule has 0 aliphatic rings. The van der Waals surface area contributed by atoms with Gasteiger partial charge in [0, 0.05) is 31.9 Å². The summed E-state index contributed by atoms with van der Waals surface area (Å²) in [6.07, 6.45) is 1.73. The maximum Gasteiger partial charge on any atom is 0.143 e. The second kappa shape index (κ2) is 6.40. The van der Waals surface area contributed by atoms with E-state index in [0.717, 1.165) is 31.0 Å². The van der Waals surface area contributed by atoms with Crippen molar-refractivity contribution in [3.63, 3.8) is 0 Å². The van der Waals surface area contributed by atoms with Gasteiger partial charge in [-0.05, 0) is 12.3 Å². The average molecular weight is 224 g/mol. The molecule has 0 unspecified atom stereocenters. The molecule has 0 atom stereocenters. The summed E-state index contributed by atoms with van der Waals surface area (Å²) in [4.78, 5) is 8.79. The minimum absolute atomic E-state index is 0.372. The SMILES string of the molecule is COCCCc1nc(NN)cc(C(C)C)n1. The number of nitrogens with two attached hydrogens (primary N) is 1. The molecule has 0 saturated carbocycles. The van der Waals surface area contributed by atoms with Gasteiger partial charge in [-0.1, -0.05) is 13.8 Å². The number of rotatable bonds is 6. The maximum absolute atomic E-state index is 5.38. The molecule has 1 aromatic heterocycles. The zero-order valence-electron chi connectivity index (χ0n) is 10.2. The Bertz CT molecular complexity index is 328. The topological polar surface area (TPSA) is 73.1 Å². The van der Waals surface area contributed by atoms with Crippen molar-refractivity contribution in [3.8, 4) is 0 Å². The van der Waals surface area contributed by atoms with Gasteiger partial charge in [0.05, 0.1) is 0 Å². The largest absolute Gasteiger partial charge is 0.385 e. The van der Waals surface area contributed by atoms with E-state index in [-0.39, 0.29) is 0 Å². The van der Waals surface area contributed by atoms with Crippen molar-refractivity contribution in [1.82, 2.24) is 9.97 Å². The van der Waals surface area contributed by atoms with E-state index in [4.69, 9.17) is 10.6 Å². The van der Waals surface area contributed by atoms with Crippen molar-refractivity contribution in [2.75, 3.05) is 19.1 Å². The van der Waals surface area contributed by atoms with Crippen LogP contribution in [0.3, 0.4) is 0 Å². The lowest BCUT2D eigenvalue weighted by molar-refractivity contribution is 0.194. The van der Waals surface area contributed by atoms with Crippen LogP contribution in [0, 0.1) is 0 Å². The van der Waals surface area contributed by atoms with Crippen LogP contribution in [0.4, 0.5) is 5.82 Å². The monoisotopic (exact) mass is 224 g/mol. The molecule has 1 rings (SSSR count). The van der Waals surface area contributed by atoms with E-state index in [2.05, 4.69) is 29.2 Å². The third-order valence-corrected chi connectivity index (χ3v) is 2.28. The van der Waals surface area contributed by atoms with Crippen LogP contribution in [0.2, 0.25) is 0 Å². The molecule has 0 aliphatic heterocycles. The predicted octanol–water partition coefficient (Wildman–Crippen LogP) is 1.46. The van der Waals surface area contributed by atoms with Crippen molar-refractivity contribution in [1.29, 1.82) is 0 Å². The number of hydrogen-bond acceptors (Lipinski definition) is 5. The Morgan fingerprint density at radius 3 is 2.75 bits per heavy atom. The van der Waals surface area contributed by atoms with Gasteiger partial charge in [0.2, 0.25) is 0 Å². The number of nitrogens with one attached hydrogen (secondary N) is 1. The Balaban J connectivity index is 2.78. The maximum atomic E-state index is 5.38. The lowest BCUT2D eigenvalue weighted by Crippen LogP contribution is -2.12. The molecule has 0 saturated heterocycles. The first kappa shape index (κ1) is 12.9. The summed E-state index contributed by atoms with van der Waals surface area (Å²) in [5.41, 5.74) is 3.58. The molecule has 0 fully saturated rings. The summed E-state index contributed by atoms with van der Waals surface area (Å²) in [7, 11) is 1.69. The van der Waals surface area contributed by atoms with Crippen molar-refractivity contribution in [2.24, 2.45) is 5.84 Å². The van der Waals surface area contributed by atoms with Crippen LogP contribution < -0.4 is 11.3 Å². The zero-order valence-corrected chi connectivity index (χ0v) is 10.2. The molecule has 0 amide bonds. The summed E-state index contributed by atoms with van der Waals surface area (Å²) in [6.45, 7) is 4.92. The lowest BCUT2D eigenvalue weighted by atomic mass is 10.1. The quantitative estimate of drug-likeness (QED) is 0.435. The normalized spacial score (nSPS) is 10.8. The van der Waals surface area contributed by atoms with E-state index < -0.39 is 0 Å². The molecule has 0 aliphatic carbocycles. The van der Waals surface area contributed by atoms with Gasteiger partial charge in [-0.15, -0.1) is 0 Å². The van der Waals surface area contributed by atoms with E-state index in [9.17, 15) is 0 Å². The predicted molar refractivity (Wildman–Crippen MR) is 64.1 cm³/mol. The smallest absolute Gasteiger partial charge is 0.143 e. The molecule has 3 N–H and O–H groups in total. The molecular formula is C11H20N4O. The summed E-state index contributed by atoms with van der Waals surface area (Å²) < 4.78 is 5.00. The van der Waals surface area contributed by atoms with Gasteiger partial charge in [0.1, 0.15) is 11.6 Å². The standard InChI is InChI=1S/C11H20N4O/c1-8(2)9-7-11(15-12)14-10(13-9)5-4-6-16-3/h7-8H,4-6,12H2,1-3H3,(H,13,14,15). The van der Waals surface area contributed by atoms with E-state index in [1.807, 2.05) is 6.07 Å². The fraction of sp³-hybridized carbons (Fsp3) is 0.636. The molecule has 5 heteroatoms. The van der Waals surface area contributed by atoms with E-state index in [1.54, 1.807) is 7.11 Å². The Labute approximate surface area is 96.4 Å². The molecule has 0 radical (unpaired) electrons. The third-order valence-electron chi connectivity index (χ3n) is 2.28. The number of methoxy groups -OCH3 is 1. The van der Waals surface area contributed by atoms with Crippen molar-refractivity contribution in [2.45, 2.75) is 32.6 Å². The number of ether oxygens (including phenoxy) is 1. The minimum atomic E-state index is 0.372. The van der Waals surface area contributed by atoms with Crippen LogP contribution in [-0.4, -0.2) is 23.7 Å². The molecule has 1 aromatic rings. The molecule has 0 spiro atoms. The highest BCUT2D eigenvalue weighted by Gasteiger charge is 2.06. The number of nitrogens with zero attached hydrogens (tertiary/aromatic N) is 2. The van der Waals surface area contributed by atoms with E-state index in [0.29, 0.717) is 11.7 Å². The van der Waals surface area contributed by atoms with Crippen molar-refractivity contribution >= 4 is 5.82 Å². The number of hydrogen-bond donors (Lipinski definition) is 2. The number of aromatic nitrogens is 2. The first-order valence-corrected chi connectivity index (χ1v) is 5.50. The Kier molecular flexibility index (Phi) is 5.14. The van der Waals surface area contributed by atoms with Gasteiger partial charge in [0.15, 0.2) is 0 Å². The van der Waals surface area contributed by atoms with Crippen LogP contribution in [-0.2, 0) is 11.2 Å².